The Hall–Kier alpha value is 0.452. The van der Waals surface area contributed by atoms with Gasteiger partial charge in [0.15, 0.2) is 0 Å². The minimum Gasteiger partial charge on any atom is -0.405 e. The molecule has 1 aliphatic heterocycles. The zero-order valence-corrected chi connectivity index (χ0v) is 6.76. The molecule has 0 aliphatic carbocycles. The summed E-state index contributed by atoms with van der Waals surface area (Å²) in [5.74, 6) is 2.10. The molecule has 8 heavy (non-hydrogen) atoms. The van der Waals surface area contributed by atoms with E-state index >= 15 is 0 Å². The quantitative estimate of drug-likeness (QED) is 0.440. The second-order valence-corrected chi connectivity index (χ2v) is 6.92. The molecule has 3 heteroatoms. The predicted octanol–water partition coefficient (Wildman–Crippen LogP) is -0.329. The molecule has 0 aromatic rings. The molecule has 3 N–H and O–H groups in total. The number of hydrogen-bond acceptors (Lipinski definition) is 2. The number of hydrogen-bond donors (Lipinski definition) is 2. The van der Waals surface area contributed by atoms with E-state index in [1.54, 1.807) is 0 Å². The lowest BCUT2D eigenvalue weighted by Crippen LogP contribution is -2.29. The fourth-order valence-corrected chi connectivity index (χ4v) is 3.70. The maximum atomic E-state index is 9.36. The van der Waals surface area contributed by atoms with Gasteiger partial charge in [-0.25, -0.2) is 0 Å². The molecule has 0 amide bonds. The summed E-state index contributed by atoms with van der Waals surface area (Å²) in [7, 11) is 0. The van der Waals surface area contributed by atoms with Crippen molar-refractivity contribution in [3.8, 4) is 0 Å². The third-order valence-corrected chi connectivity index (χ3v) is 7.11. The summed E-state index contributed by atoms with van der Waals surface area (Å²) in [6, 6.07) is 0. The zero-order valence-electron chi connectivity index (χ0n) is 5.60. The first-order valence-corrected chi connectivity index (χ1v) is 5.23. The molecular formula is C5H12AlNO. The Labute approximate surface area is 54.1 Å². The summed E-state index contributed by atoms with van der Waals surface area (Å²) < 4.78 is -0.681. The molecule has 1 saturated heterocycles. The summed E-state index contributed by atoms with van der Waals surface area (Å²) in [6.45, 7) is 3.77. The normalized spacial score (nSPS) is 54.4. The second kappa shape index (κ2) is 1.30. The fourth-order valence-electron chi connectivity index (χ4n) is 1.07. The van der Waals surface area contributed by atoms with Crippen LogP contribution in [-0.4, -0.2) is 28.1 Å². The topological polar surface area (TPSA) is 46.2 Å². The van der Waals surface area contributed by atoms with Crippen LogP contribution in [-0.2, 0) is 0 Å². The molecule has 1 fully saturated rings. The average Bonchev–Trinajstić information content (AvgIpc) is 1.88. The summed E-state index contributed by atoms with van der Waals surface area (Å²) in [5.41, 5.74) is 5.70. The smallest absolute Gasteiger partial charge is 0.336 e. The first-order chi connectivity index (χ1) is 3.40. The Morgan fingerprint density at radius 2 is 1.62 bits per heavy atom. The van der Waals surface area contributed by atoms with E-state index in [4.69, 9.17) is 5.73 Å². The van der Waals surface area contributed by atoms with E-state index in [1.807, 2.05) is 13.8 Å². The molecule has 1 aliphatic rings. The van der Waals surface area contributed by atoms with E-state index in [0.29, 0.717) is 0 Å². The van der Waals surface area contributed by atoms with Crippen LogP contribution in [0.3, 0.4) is 0 Å². The van der Waals surface area contributed by atoms with Crippen LogP contribution in [0.4, 0.5) is 0 Å². The standard InChI is InChI=1S/C4H9NO.CH3.Al/c1-3(5)4(2)6;;/h6H,5H2,1-2H3;1H3;. The van der Waals surface area contributed by atoms with Crippen molar-refractivity contribution in [1.29, 1.82) is 0 Å². The van der Waals surface area contributed by atoms with Crippen LogP contribution in [0.1, 0.15) is 13.8 Å². The molecule has 1 rings (SSSR count). The lowest BCUT2D eigenvalue weighted by molar-refractivity contribution is 0.162. The van der Waals surface area contributed by atoms with Gasteiger partial charge in [0, 0.05) is 4.46 Å². The molecule has 2 atom stereocenters. The van der Waals surface area contributed by atoms with Gasteiger partial charge in [0.05, 0.1) is 0 Å². The average molecular weight is 129 g/mol. The SMILES string of the molecule is [CH3][Al]1[C](C)(N)[C]1(C)O. The van der Waals surface area contributed by atoms with Crippen LogP contribution in [0.15, 0.2) is 0 Å². The van der Waals surface area contributed by atoms with E-state index in [2.05, 4.69) is 5.79 Å². The van der Waals surface area contributed by atoms with E-state index < -0.39 is 18.6 Å². The van der Waals surface area contributed by atoms with Crippen molar-refractivity contribution in [1.82, 2.24) is 0 Å². The van der Waals surface area contributed by atoms with Gasteiger partial charge in [0.25, 0.3) is 0 Å². The number of nitrogens with two attached hydrogens (primary N) is 1. The van der Waals surface area contributed by atoms with Gasteiger partial charge < -0.3 is 10.8 Å². The summed E-state index contributed by atoms with van der Waals surface area (Å²) in [5, 5.41) is 9.36. The van der Waals surface area contributed by atoms with Crippen LogP contribution >= 0.6 is 0 Å². The first kappa shape index (κ1) is 6.57. The highest BCUT2D eigenvalue weighted by atomic mass is 27.2. The van der Waals surface area contributed by atoms with Crippen molar-refractivity contribution in [3.63, 3.8) is 0 Å². The Bertz CT molecular complexity index is 108. The van der Waals surface area contributed by atoms with Crippen LogP contribution in [0.25, 0.3) is 0 Å². The maximum Gasteiger partial charge on any atom is 0.336 e. The summed E-state index contributed by atoms with van der Waals surface area (Å²) >= 11 is -0.974. The molecule has 2 nitrogen and oxygen atoms in total. The Morgan fingerprint density at radius 1 is 1.50 bits per heavy atom. The highest BCUT2D eigenvalue weighted by Gasteiger charge is 2.70. The molecule has 0 radical (unpaired) electrons. The van der Waals surface area contributed by atoms with Crippen molar-refractivity contribution in [3.05, 3.63) is 0 Å². The monoisotopic (exact) mass is 129 g/mol. The number of rotatable bonds is 0. The van der Waals surface area contributed by atoms with Gasteiger partial charge in [-0.2, -0.15) is 0 Å². The minimum absolute atomic E-state index is 0.201. The maximum absolute atomic E-state index is 9.36. The molecular weight excluding hydrogens is 117 g/mol. The van der Waals surface area contributed by atoms with Crippen LogP contribution in [0.5, 0.6) is 0 Å². The van der Waals surface area contributed by atoms with E-state index in [0.717, 1.165) is 0 Å². The van der Waals surface area contributed by atoms with E-state index in [1.165, 1.54) is 0 Å². The lowest BCUT2D eigenvalue weighted by atomic mass is 10.2. The van der Waals surface area contributed by atoms with Crippen molar-refractivity contribution in [2.75, 3.05) is 0 Å². The van der Waals surface area contributed by atoms with Gasteiger partial charge in [-0.3, -0.25) is 0 Å². The minimum atomic E-state index is -0.974. The molecule has 0 bridgehead atoms. The third-order valence-electron chi connectivity index (χ3n) is 2.75. The molecule has 2 unspecified atom stereocenters. The van der Waals surface area contributed by atoms with Crippen LogP contribution < -0.4 is 5.73 Å². The zero-order chi connectivity index (χ0) is 6.58. The molecule has 46 valence electrons. The van der Waals surface area contributed by atoms with Gasteiger partial charge in [-0.05, 0) is 11.3 Å². The Morgan fingerprint density at radius 3 is 1.62 bits per heavy atom. The Balaban J connectivity index is 2.72. The van der Waals surface area contributed by atoms with Gasteiger partial charge >= 0.3 is 14.1 Å². The van der Waals surface area contributed by atoms with Crippen molar-refractivity contribution >= 4 is 14.1 Å². The van der Waals surface area contributed by atoms with Crippen molar-refractivity contribution in [2.24, 2.45) is 5.73 Å². The fraction of sp³-hybridized carbons (Fsp3) is 1.00. The highest BCUT2D eigenvalue weighted by Crippen LogP contribution is 2.42. The van der Waals surface area contributed by atoms with E-state index in [-0.39, 0.29) is 4.40 Å². The first-order valence-electron chi connectivity index (χ1n) is 2.92. The summed E-state index contributed by atoms with van der Waals surface area (Å²) in [4.78, 5) is 0. The van der Waals surface area contributed by atoms with Gasteiger partial charge in [-0.15, -0.1) is 5.79 Å². The van der Waals surface area contributed by atoms with E-state index in [9.17, 15) is 5.11 Å². The lowest BCUT2D eigenvalue weighted by Gasteiger charge is -2.08. The highest BCUT2D eigenvalue weighted by molar-refractivity contribution is 6.77. The largest absolute Gasteiger partial charge is 0.405 e. The molecule has 0 saturated carbocycles. The molecule has 0 spiro atoms. The Kier molecular flexibility index (Phi) is 1.07. The van der Waals surface area contributed by atoms with Crippen LogP contribution in [0, 0.1) is 0 Å². The summed E-state index contributed by atoms with van der Waals surface area (Å²) in [6.07, 6.45) is 0. The third kappa shape index (κ3) is 0.507. The van der Waals surface area contributed by atoms with Crippen molar-refractivity contribution in [2.45, 2.75) is 28.5 Å². The molecule has 1 heterocycles. The second-order valence-electron chi connectivity index (χ2n) is 3.15. The van der Waals surface area contributed by atoms with Gasteiger partial charge in [0.2, 0.25) is 0 Å². The van der Waals surface area contributed by atoms with Gasteiger partial charge in [0.1, 0.15) is 0 Å². The van der Waals surface area contributed by atoms with Crippen LogP contribution in [0.2, 0.25) is 5.79 Å². The number of aliphatic hydroxyl groups is 1. The van der Waals surface area contributed by atoms with Gasteiger partial charge in [-0.1, -0.05) is 6.92 Å². The molecule has 0 aromatic carbocycles. The van der Waals surface area contributed by atoms with Crippen molar-refractivity contribution < 1.29 is 5.11 Å². The predicted molar refractivity (Wildman–Crippen MR) is 34.8 cm³/mol. The molecule has 0 aromatic heterocycles.